The molecule has 4 N–H and O–H groups in total. The number of anilines is 4. The number of nitrogens with one attached hydrogen (secondary N) is 2. The smallest absolute Gasteiger partial charge is 0.159 e. The molecule has 0 aliphatic rings. The molecule has 0 spiro atoms. The summed E-state index contributed by atoms with van der Waals surface area (Å²) < 4.78 is 0. The predicted molar refractivity (Wildman–Crippen MR) is 103 cm³/mol. The molecule has 5 heteroatoms. The summed E-state index contributed by atoms with van der Waals surface area (Å²) in [7, 11) is 0. The van der Waals surface area contributed by atoms with Crippen LogP contribution in [-0.2, 0) is 0 Å². The van der Waals surface area contributed by atoms with E-state index in [9.17, 15) is 0 Å². The van der Waals surface area contributed by atoms with Crippen LogP contribution in [-0.4, -0.2) is 16.0 Å². The first kappa shape index (κ1) is 18.0. The third-order valence-electron chi connectivity index (χ3n) is 4.08. The van der Waals surface area contributed by atoms with Gasteiger partial charge in [-0.1, -0.05) is 31.0 Å². The molecule has 130 valence electrons. The van der Waals surface area contributed by atoms with Gasteiger partial charge in [0.15, 0.2) is 11.6 Å². The number of aryl methyl sites for hydroxylation is 4. The zero-order valence-electron chi connectivity index (χ0n) is 15.6. The van der Waals surface area contributed by atoms with E-state index in [-0.39, 0.29) is 0 Å². The second-order valence-corrected chi connectivity index (χ2v) is 6.61. The summed E-state index contributed by atoms with van der Waals surface area (Å²) in [4.78, 5) is 8.97. The summed E-state index contributed by atoms with van der Waals surface area (Å²) in [5.74, 6) is 2.05. The molecule has 1 aromatic heterocycles. The summed E-state index contributed by atoms with van der Waals surface area (Å²) in [5, 5.41) is 6.81. The number of hydrogen-bond donors (Lipinski definition) is 3. The molecule has 2 aromatic rings. The van der Waals surface area contributed by atoms with Crippen LogP contribution in [0.3, 0.4) is 0 Å². The Morgan fingerprint density at radius 1 is 1.04 bits per heavy atom. The minimum Gasteiger partial charge on any atom is -0.393 e. The maximum atomic E-state index is 6.32. The van der Waals surface area contributed by atoms with Gasteiger partial charge in [0.1, 0.15) is 11.5 Å². The molecule has 1 aromatic carbocycles. The second-order valence-electron chi connectivity index (χ2n) is 6.61. The van der Waals surface area contributed by atoms with E-state index in [1.165, 1.54) is 16.7 Å². The lowest BCUT2D eigenvalue weighted by Crippen LogP contribution is -2.18. The van der Waals surface area contributed by atoms with E-state index in [0.717, 1.165) is 18.5 Å². The van der Waals surface area contributed by atoms with Crippen LogP contribution >= 0.6 is 0 Å². The van der Waals surface area contributed by atoms with Gasteiger partial charge in [-0.15, -0.1) is 0 Å². The largest absolute Gasteiger partial charge is 0.393 e. The van der Waals surface area contributed by atoms with Crippen molar-refractivity contribution in [1.29, 1.82) is 0 Å². The van der Waals surface area contributed by atoms with Crippen molar-refractivity contribution < 1.29 is 0 Å². The van der Waals surface area contributed by atoms with Gasteiger partial charge in [-0.25, -0.2) is 9.97 Å². The lowest BCUT2D eigenvalue weighted by atomic mass is 10.1. The Labute approximate surface area is 145 Å². The molecule has 0 amide bonds. The Kier molecular flexibility index (Phi) is 5.65. The average Bonchev–Trinajstić information content (AvgIpc) is 2.47. The third kappa shape index (κ3) is 4.16. The Bertz CT molecular complexity index is 701. The van der Waals surface area contributed by atoms with Crippen molar-refractivity contribution in [1.82, 2.24) is 9.97 Å². The standard InChI is InChI=1S/C19H29N5/c1-7-8-14(5)21-18-16(20)19(23-15(6)22-18)24-17-12(3)9-11(2)10-13(17)4/h9-10,14H,7-8,20H2,1-6H3,(H2,21,22,23,24). The van der Waals surface area contributed by atoms with E-state index in [4.69, 9.17) is 5.73 Å². The van der Waals surface area contributed by atoms with E-state index in [0.29, 0.717) is 29.2 Å². The minimum absolute atomic E-state index is 0.322. The molecule has 0 aliphatic heterocycles. The van der Waals surface area contributed by atoms with Crippen LogP contribution in [0, 0.1) is 27.7 Å². The predicted octanol–water partition coefficient (Wildman–Crippen LogP) is 4.64. The van der Waals surface area contributed by atoms with Crippen molar-refractivity contribution in [2.24, 2.45) is 0 Å². The summed E-state index contributed by atoms with van der Waals surface area (Å²) in [5.41, 5.74) is 11.5. The van der Waals surface area contributed by atoms with Crippen molar-refractivity contribution in [3.63, 3.8) is 0 Å². The lowest BCUT2D eigenvalue weighted by Gasteiger charge is -2.19. The fourth-order valence-electron chi connectivity index (χ4n) is 3.02. The fourth-order valence-corrected chi connectivity index (χ4v) is 3.02. The van der Waals surface area contributed by atoms with Gasteiger partial charge < -0.3 is 16.4 Å². The quantitative estimate of drug-likeness (QED) is 0.721. The van der Waals surface area contributed by atoms with Crippen LogP contribution in [0.5, 0.6) is 0 Å². The van der Waals surface area contributed by atoms with Crippen molar-refractivity contribution in [2.45, 2.75) is 60.4 Å². The summed E-state index contributed by atoms with van der Waals surface area (Å²) in [6.07, 6.45) is 2.19. The molecule has 0 saturated heterocycles. The Morgan fingerprint density at radius 2 is 1.62 bits per heavy atom. The molecule has 1 atom stereocenters. The van der Waals surface area contributed by atoms with E-state index in [2.05, 4.69) is 67.4 Å². The molecule has 0 aliphatic carbocycles. The number of nitrogen functional groups attached to an aromatic ring is 1. The maximum absolute atomic E-state index is 6.32. The molecule has 0 bridgehead atoms. The Balaban J connectivity index is 2.36. The molecule has 1 heterocycles. The van der Waals surface area contributed by atoms with Crippen LogP contribution in [0.2, 0.25) is 0 Å². The molecule has 0 radical (unpaired) electrons. The van der Waals surface area contributed by atoms with Crippen LogP contribution in [0.25, 0.3) is 0 Å². The molecule has 2 rings (SSSR count). The van der Waals surface area contributed by atoms with Crippen LogP contribution in [0.1, 0.15) is 49.2 Å². The minimum atomic E-state index is 0.322. The van der Waals surface area contributed by atoms with Crippen molar-refractivity contribution in [2.75, 3.05) is 16.4 Å². The van der Waals surface area contributed by atoms with Gasteiger partial charge in [-0.3, -0.25) is 0 Å². The van der Waals surface area contributed by atoms with Gasteiger partial charge >= 0.3 is 0 Å². The number of nitrogens with two attached hydrogens (primary N) is 1. The highest BCUT2D eigenvalue weighted by molar-refractivity contribution is 5.79. The first-order valence-electron chi connectivity index (χ1n) is 8.57. The van der Waals surface area contributed by atoms with Gasteiger partial charge in [0.2, 0.25) is 0 Å². The first-order chi connectivity index (χ1) is 11.3. The Hall–Kier alpha value is -2.30. The molecule has 1 unspecified atom stereocenters. The highest BCUT2D eigenvalue weighted by Crippen LogP contribution is 2.31. The van der Waals surface area contributed by atoms with E-state index >= 15 is 0 Å². The maximum Gasteiger partial charge on any atom is 0.159 e. The fraction of sp³-hybridized carbons (Fsp3) is 0.474. The zero-order chi connectivity index (χ0) is 17.9. The van der Waals surface area contributed by atoms with E-state index in [1.54, 1.807) is 0 Å². The Morgan fingerprint density at radius 3 is 2.21 bits per heavy atom. The van der Waals surface area contributed by atoms with E-state index in [1.807, 2.05) is 6.92 Å². The zero-order valence-corrected chi connectivity index (χ0v) is 15.6. The lowest BCUT2D eigenvalue weighted by molar-refractivity contribution is 0.687. The molecule has 24 heavy (non-hydrogen) atoms. The molecule has 5 nitrogen and oxygen atoms in total. The third-order valence-corrected chi connectivity index (χ3v) is 4.08. The van der Waals surface area contributed by atoms with Crippen LogP contribution in [0.15, 0.2) is 12.1 Å². The summed E-state index contributed by atoms with van der Waals surface area (Å²) in [6, 6.07) is 4.63. The highest BCUT2D eigenvalue weighted by atomic mass is 15.1. The van der Waals surface area contributed by atoms with E-state index < -0.39 is 0 Å². The van der Waals surface area contributed by atoms with Crippen molar-refractivity contribution >= 4 is 23.0 Å². The number of rotatable bonds is 6. The molecule has 0 fully saturated rings. The van der Waals surface area contributed by atoms with Crippen LogP contribution in [0.4, 0.5) is 23.0 Å². The average molecular weight is 327 g/mol. The topological polar surface area (TPSA) is 75.9 Å². The highest BCUT2D eigenvalue weighted by Gasteiger charge is 2.14. The van der Waals surface area contributed by atoms with Gasteiger partial charge in [-0.05, 0) is 52.2 Å². The summed E-state index contributed by atoms with van der Waals surface area (Å²) in [6.45, 7) is 12.5. The molecule has 0 saturated carbocycles. The van der Waals surface area contributed by atoms with Crippen molar-refractivity contribution in [3.05, 3.63) is 34.6 Å². The number of aromatic nitrogens is 2. The van der Waals surface area contributed by atoms with Gasteiger partial charge in [0, 0.05) is 11.7 Å². The monoisotopic (exact) mass is 327 g/mol. The number of benzene rings is 1. The second kappa shape index (κ2) is 7.51. The number of nitrogens with zero attached hydrogens (tertiary/aromatic N) is 2. The van der Waals surface area contributed by atoms with Gasteiger partial charge in [-0.2, -0.15) is 0 Å². The molecular weight excluding hydrogens is 298 g/mol. The van der Waals surface area contributed by atoms with Crippen molar-refractivity contribution in [3.8, 4) is 0 Å². The normalized spacial score (nSPS) is 12.1. The number of hydrogen-bond acceptors (Lipinski definition) is 5. The SMILES string of the molecule is CCCC(C)Nc1nc(C)nc(Nc2c(C)cc(C)cc2C)c1N. The van der Waals surface area contributed by atoms with Crippen LogP contribution < -0.4 is 16.4 Å². The molecular formula is C19H29N5. The summed E-state index contributed by atoms with van der Waals surface area (Å²) >= 11 is 0. The van der Waals surface area contributed by atoms with Gasteiger partial charge in [0.05, 0.1) is 0 Å². The van der Waals surface area contributed by atoms with Gasteiger partial charge in [0.25, 0.3) is 0 Å². The first-order valence-corrected chi connectivity index (χ1v) is 8.57.